The molecule has 5 N–H and O–H groups in total. The topological polar surface area (TPSA) is 150 Å². The first-order valence-corrected chi connectivity index (χ1v) is 13.0. The number of hydrogen-bond donors (Lipinski definition) is 5. The molecular weight excluding hydrogens is 490 g/mol. The number of halogens is 1. The lowest BCUT2D eigenvalue weighted by Gasteiger charge is -2.44. The third-order valence-corrected chi connectivity index (χ3v) is 7.51. The number of carbonyl (C=O) groups is 2. The minimum Gasteiger partial charge on any atom is -0.445 e. The molecule has 0 aliphatic carbocycles. The molecule has 3 aliphatic heterocycles. The van der Waals surface area contributed by atoms with Gasteiger partial charge >= 0.3 is 6.09 Å². The number of rotatable bonds is 7. The van der Waals surface area contributed by atoms with Crippen LogP contribution < -0.4 is 10.6 Å². The second-order valence-corrected chi connectivity index (χ2v) is 10.3. The van der Waals surface area contributed by atoms with E-state index in [-0.39, 0.29) is 19.1 Å². The highest BCUT2D eigenvalue weighted by atomic mass is 35.5. The van der Waals surface area contributed by atoms with E-state index >= 15 is 0 Å². The molecule has 3 aliphatic rings. The van der Waals surface area contributed by atoms with Gasteiger partial charge in [-0.2, -0.15) is 0 Å². The summed E-state index contributed by atoms with van der Waals surface area (Å²) in [6.07, 6.45) is -2.94. The molecule has 2 unspecified atom stereocenters. The number of amides is 2. The molecule has 194 valence electrons. The first kappa shape index (κ1) is 27.5. The van der Waals surface area contributed by atoms with Crippen molar-refractivity contribution in [3.05, 3.63) is 12.7 Å². The van der Waals surface area contributed by atoms with Gasteiger partial charge in [0.1, 0.15) is 42.5 Å². The van der Waals surface area contributed by atoms with Crippen LogP contribution in [0.1, 0.15) is 6.92 Å². The first-order chi connectivity index (χ1) is 16.2. The predicted octanol–water partition coefficient (Wildman–Crippen LogP) is -1.12. The smallest absolute Gasteiger partial charge is 0.410 e. The predicted molar refractivity (Wildman–Crippen MR) is 126 cm³/mol. The SMILES string of the molecule is C=CCOC(=O)N1CCO[C@@H]2[C@H](CN[C@@H]2C(=O)N[C@H]([C@H](C)Cl)[C@H]2OC(SC)[C@H](O)[C@H](O)C2O)C1. The van der Waals surface area contributed by atoms with Crippen LogP contribution in [0.3, 0.4) is 0 Å². The molecule has 0 spiro atoms. The van der Waals surface area contributed by atoms with Gasteiger partial charge in [-0.25, -0.2) is 4.79 Å². The number of aliphatic hydroxyl groups is 3. The molecule has 0 radical (unpaired) electrons. The molecule has 0 saturated carbocycles. The summed E-state index contributed by atoms with van der Waals surface area (Å²) < 4.78 is 16.9. The quantitative estimate of drug-likeness (QED) is 0.205. The average molecular weight is 524 g/mol. The van der Waals surface area contributed by atoms with E-state index in [1.54, 1.807) is 18.1 Å². The standard InChI is InChI=1S/C21H34ClN3O8S/c1-4-6-32-21(30)25-5-7-31-17-11(9-25)8-23-13(17)19(29)24-12(10(2)22)18-15(27)14(26)16(28)20(33-18)34-3/h4,10-18,20,23,26-28H,1,5-9H2,2-3H3,(H,24,29)/t10-,11+,12+,13-,14+,15?,16+,17+,18+,20?/m0/s1. The number of thioether (sulfide) groups is 1. The van der Waals surface area contributed by atoms with Crippen LogP contribution in [-0.4, -0.2) is 125 Å². The van der Waals surface area contributed by atoms with Crippen molar-refractivity contribution in [2.24, 2.45) is 5.92 Å². The molecule has 3 fully saturated rings. The average Bonchev–Trinajstić information content (AvgIpc) is 3.09. The van der Waals surface area contributed by atoms with Crippen molar-refractivity contribution in [1.82, 2.24) is 15.5 Å². The Bertz CT molecular complexity index is 732. The molecule has 34 heavy (non-hydrogen) atoms. The lowest BCUT2D eigenvalue weighted by Crippen LogP contribution is -2.65. The molecule has 10 atom stereocenters. The van der Waals surface area contributed by atoms with Gasteiger partial charge in [-0.05, 0) is 13.2 Å². The number of carbonyl (C=O) groups excluding carboxylic acids is 2. The number of fused-ring (bicyclic) bond motifs is 1. The van der Waals surface area contributed by atoms with Crippen LogP contribution in [0.5, 0.6) is 0 Å². The minimum atomic E-state index is -1.45. The van der Waals surface area contributed by atoms with Crippen LogP contribution in [0.15, 0.2) is 12.7 Å². The zero-order valence-electron chi connectivity index (χ0n) is 19.2. The van der Waals surface area contributed by atoms with E-state index in [4.69, 9.17) is 25.8 Å². The van der Waals surface area contributed by atoms with Gasteiger partial charge in [0.15, 0.2) is 0 Å². The molecule has 11 nitrogen and oxygen atoms in total. The summed E-state index contributed by atoms with van der Waals surface area (Å²) in [5.41, 5.74) is -0.788. The summed E-state index contributed by atoms with van der Waals surface area (Å²) in [6, 6.07) is -1.56. The summed E-state index contributed by atoms with van der Waals surface area (Å²) in [6.45, 7) is 6.71. The maximum atomic E-state index is 13.2. The number of ether oxygens (including phenoxy) is 3. The van der Waals surface area contributed by atoms with Crippen molar-refractivity contribution in [3.8, 4) is 0 Å². The van der Waals surface area contributed by atoms with E-state index in [1.165, 1.54) is 17.8 Å². The van der Waals surface area contributed by atoms with Crippen molar-refractivity contribution < 1.29 is 39.1 Å². The summed E-state index contributed by atoms with van der Waals surface area (Å²) in [5, 5.41) is 36.3. The molecule has 2 amide bonds. The molecule has 13 heteroatoms. The fraction of sp³-hybridized carbons (Fsp3) is 0.810. The fourth-order valence-electron chi connectivity index (χ4n) is 4.56. The van der Waals surface area contributed by atoms with Gasteiger partial charge in [-0.3, -0.25) is 4.79 Å². The van der Waals surface area contributed by atoms with Crippen molar-refractivity contribution in [3.63, 3.8) is 0 Å². The third-order valence-electron chi connectivity index (χ3n) is 6.38. The fourth-order valence-corrected chi connectivity index (χ4v) is 5.45. The Morgan fingerprint density at radius 3 is 2.74 bits per heavy atom. The van der Waals surface area contributed by atoms with Crippen molar-refractivity contribution in [2.75, 3.05) is 39.1 Å². The molecule has 0 aromatic heterocycles. The summed E-state index contributed by atoms with van der Waals surface area (Å²) >= 11 is 7.54. The summed E-state index contributed by atoms with van der Waals surface area (Å²) in [4.78, 5) is 27.1. The van der Waals surface area contributed by atoms with Gasteiger partial charge in [-0.1, -0.05) is 12.7 Å². The van der Waals surface area contributed by atoms with Crippen LogP contribution in [0.4, 0.5) is 4.79 Å². The zero-order chi connectivity index (χ0) is 25.0. The van der Waals surface area contributed by atoms with E-state index in [2.05, 4.69) is 17.2 Å². The molecule has 3 saturated heterocycles. The highest BCUT2D eigenvalue weighted by Crippen LogP contribution is 2.31. The van der Waals surface area contributed by atoms with Gasteiger partial charge in [-0.15, -0.1) is 23.4 Å². The Morgan fingerprint density at radius 1 is 1.35 bits per heavy atom. The molecule has 0 aromatic rings. The number of alkyl halides is 1. The van der Waals surface area contributed by atoms with E-state index in [1.807, 2.05) is 0 Å². The van der Waals surface area contributed by atoms with Crippen LogP contribution in [-0.2, 0) is 19.0 Å². The van der Waals surface area contributed by atoms with Gasteiger partial charge in [0, 0.05) is 25.6 Å². The Hall–Kier alpha value is -1.12. The Morgan fingerprint density at radius 2 is 2.09 bits per heavy atom. The first-order valence-electron chi connectivity index (χ1n) is 11.2. The molecule has 3 heterocycles. The minimum absolute atomic E-state index is 0.115. The number of nitrogens with one attached hydrogen (secondary N) is 2. The Balaban J connectivity index is 1.67. The second kappa shape index (κ2) is 12.2. The van der Waals surface area contributed by atoms with Gasteiger partial charge in [0.05, 0.1) is 24.1 Å². The Labute approximate surface area is 208 Å². The van der Waals surface area contributed by atoms with Crippen LogP contribution >= 0.6 is 23.4 Å². The maximum Gasteiger partial charge on any atom is 0.410 e. The number of aliphatic hydroxyl groups excluding tert-OH is 3. The molecule has 0 aromatic carbocycles. The second-order valence-electron chi connectivity index (χ2n) is 8.68. The van der Waals surface area contributed by atoms with Crippen molar-refractivity contribution >= 4 is 35.4 Å². The normalized spacial score (nSPS) is 37.8. The lowest BCUT2D eigenvalue weighted by molar-refractivity contribution is -0.205. The maximum absolute atomic E-state index is 13.2. The third kappa shape index (κ3) is 5.98. The van der Waals surface area contributed by atoms with Gasteiger partial charge < -0.3 is 45.1 Å². The molecule has 3 rings (SSSR count). The Kier molecular flexibility index (Phi) is 9.87. The largest absolute Gasteiger partial charge is 0.445 e. The highest BCUT2D eigenvalue weighted by molar-refractivity contribution is 7.99. The molecular formula is C21H34ClN3O8S. The summed E-state index contributed by atoms with van der Waals surface area (Å²) in [7, 11) is 0. The van der Waals surface area contributed by atoms with Crippen LogP contribution in [0.2, 0.25) is 0 Å². The van der Waals surface area contributed by atoms with E-state index in [0.717, 1.165) is 0 Å². The lowest BCUT2D eigenvalue weighted by atomic mass is 9.92. The van der Waals surface area contributed by atoms with Crippen molar-refractivity contribution in [2.45, 2.75) is 60.3 Å². The number of nitrogens with zero attached hydrogens (tertiary/aromatic N) is 1. The van der Waals surface area contributed by atoms with E-state index < -0.39 is 65.4 Å². The van der Waals surface area contributed by atoms with Crippen LogP contribution in [0, 0.1) is 5.92 Å². The van der Waals surface area contributed by atoms with Crippen LogP contribution in [0.25, 0.3) is 0 Å². The monoisotopic (exact) mass is 523 g/mol. The van der Waals surface area contributed by atoms with Crippen molar-refractivity contribution in [1.29, 1.82) is 0 Å². The highest BCUT2D eigenvalue weighted by Gasteiger charge is 2.49. The van der Waals surface area contributed by atoms with E-state index in [0.29, 0.717) is 19.6 Å². The number of hydrogen-bond acceptors (Lipinski definition) is 10. The molecule has 0 bridgehead atoms. The zero-order valence-corrected chi connectivity index (χ0v) is 20.8. The van der Waals surface area contributed by atoms with E-state index in [9.17, 15) is 24.9 Å². The van der Waals surface area contributed by atoms with Gasteiger partial charge in [0.2, 0.25) is 5.91 Å². The van der Waals surface area contributed by atoms with Gasteiger partial charge in [0.25, 0.3) is 0 Å². The summed E-state index contributed by atoms with van der Waals surface area (Å²) in [5.74, 6) is -0.527.